The van der Waals surface area contributed by atoms with Crippen LogP contribution in [-0.2, 0) is 11.8 Å². The molecule has 2 aromatic carbocycles. The lowest BCUT2D eigenvalue weighted by Crippen LogP contribution is -2.67. The van der Waals surface area contributed by atoms with E-state index in [1.165, 1.54) is 11.1 Å². The van der Waals surface area contributed by atoms with Gasteiger partial charge in [-0.05, 0) is 67.4 Å². The van der Waals surface area contributed by atoms with Gasteiger partial charge in [-0.1, -0.05) is 25.1 Å². The number of likely N-dealkylation sites (tertiary alicyclic amines) is 1. The predicted octanol–water partition coefficient (Wildman–Crippen LogP) is 3.49. The van der Waals surface area contributed by atoms with Crippen LogP contribution in [0.25, 0.3) is 0 Å². The van der Waals surface area contributed by atoms with E-state index in [-0.39, 0.29) is 29.3 Å². The highest BCUT2D eigenvalue weighted by Crippen LogP contribution is 2.47. The maximum absolute atomic E-state index is 13.2. The highest BCUT2D eigenvalue weighted by Gasteiger charge is 2.52. The second kappa shape index (κ2) is 7.76. The average Bonchev–Trinajstić information content (AvgIpc) is 2.73. The lowest BCUT2D eigenvalue weighted by Gasteiger charge is -2.57. The first kappa shape index (κ1) is 20.4. The maximum atomic E-state index is 13.2. The summed E-state index contributed by atoms with van der Waals surface area (Å²) in [6.45, 7) is 3.21. The SMILES string of the molecule is CN=Cc1ccc(NC(=O)N(C)[C@H]2C3Cc4ccc(O)cc4[C@@]2(C)CCN3C)cc1. The number of hydrogen-bond acceptors (Lipinski definition) is 4. The van der Waals surface area contributed by atoms with Crippen molar-refractivity contribution in [1.82, 2.24) is 9.80 Å². The summed E-state index contributed by atoms with van der Waals surface area (Å²) in [6, 6.07) is 13.5. The zero-order valence-electron chi connectivity index (χ0n) is 18.1. The van der Waals surface area contributed by atoms with Crippen molar-refractivity contribution in [2.45, 2.75) is 37.3 Å². The van der Waals surface area contributed by atoms with Gasteiger partial charge in [0.25, 0.3) is 0 Å². The summed E-state index contributed by atoms with van der Waals surface area (Å²) in [5, 5.41) is 13.2. The number of nitrogens with one attached hydrogen (secondary N) is 1. The third-order valence-electron chi connectivity index (χ3n) is 6.88. The van der Waals surface area contributed by atoms with Gasteiger partial charge < -0.3 is 20.2 Å². The van der Waals surface area contributed by atoms with E-state index in [1.54, 1.807) is 19.3 Å². The summed E-state index contributed by atoms with van der Waals surface area (Å²) in [5.41, 5.74) is 3.98. The van der Waals surface area contributed by atoms with E-state index >= 15 is 0 Å². The van der Waals surface area contributed by atoms with Gasteiger partial charge in [-0.3, -0.25) is 4.99 Å². The van der Waals surface area contributed by atoms with Crippen LogP contribution in [-0.4, -0.2) is 66.9 Å². The number of hydrogen-bond donors (Lipinski definition) is 2. The van der Waals surface area contributed by atoms with Crippen molar-refractivity contribution in [3.63, 3.8) is 0 Å². The minimum atomic E-state index is -0.211. The Bertz CT molecular complexity index is 972. The summed E-state index contributed by atoms with van der Waals surface area (Å²) in [4.78, 5) is 21.4. The first-order valence-corrected chi connectivity index (χ1v) is 10.4. The number of rotatable bonds is 3. The molecule has 6 heteroatoms. The average molecular weight is 407 g/mol. The predicted molar refractivity (Wildman–Crippen MR) is 121 cm³/mol. The fourth-order valence-electron chi connectivity index (χ4n) is 5.27. The highest BCUT2D eigenvalue weighted by atomic mass is 16.3. The minimum Gasteiger partial charge on any atom is -0.508 e. The van der Waals surface area contributed by atoms with Gasteiger partial charge in [0.05, 0.1) is 6.04 Å². The number of phenols is 1. The second-order valence-corrected chi connectivity index (χ2v) is 8.76. The number of fused-ring (bicyclic) bond motifs is 4. The molecule has 30 heavy (non-hydrogen) atoms. The van der Waals surface area contributed by atoms with E-state index in [9.17, 15) is 9.90 Å². The van der Waals surface area contributed by atoms with Crippen molar-refractivity contribution in [3.05, 3.63) is 59.2 Å². The third-order valence-corrected chi connectivity index (χ3v) is 6.88. The largest absolute Gasteiger partial charge is 0.508 e. The van der Waals surface area contributed by atoms with Crippen molar-refractivity contribution in [3.8, 4) is 5.75 Å². The van der Waals surface area contributed by atoms with Gasteiger partial charge in [0.15, 0.2) is 0 Å². The molecule has 0 aromatic heterocycles. The number of aromatic hydroxyl groups is 1. The molecule has 2 bridgehead atoms. The molecule has 1 unspecified atom stereocenters. The molecular weight excluding hydrogens is 376 g/mol. The van der Waals surface area contributed by atoms with Crippen molar-refractivity contribution in [2.75, 3.05) is 33.0 Å². The van der Waals surface area contributed by atoms with E-state index < -0.39 is 0 Å². The van der Waals surface area contributed by atoms with Gasteiger partial charge in [-0.25, -0.2) is 4.79 Å². The minimum absolute atomic E-state index is 0.0112. The number of anilines is 1. The molecule has 1 heterocycles. The van der Waals surface area contributed by atoms with Gasteiger partial charge in [0.2, 0.25) is 0 Å². The van der Waals surface area contributed by atoms with Gasteiger partial charge >= 0.3 is 6.03 Å². The first-order valence-electron chi connectivity index (χ1n) is 10.4. The van der Waals surface area contributed by atoms with Crippen LogP contribution in [0.3, 0.4) is 0 Å². The van der Waals surface area contributed by atoms with Crippen LogP contribution in [0.5, 0.6) is 5.75 Å². The number of phenolic OH excluding ortho intramolecular Hbond substituents is 1. The Morgan fingerprint density at radius 2 is 2.03 bits per heavy atom. The Labute approximate surface area is 178 Å². The molecule has 1 fully saturated rings. The molecule has 0 radical (unpaired) electrons. The Morgan fingerprint density at radius 1 is 1.30 bits per heavy atom. The van der Waals surface area contributed by atoms with Gasteiger partial charge in [0.1, 0.15) is 5.75 Å². The molecule has 2 N–H and O–H groups in total. The summed E-state index contributed by atoms with van der Waals surface area (Å²) < 4.78 is 0. The van der Waals surface area contributed by atoms with E-state index in [4.69, 9.17) is 0 Å². The van der Waals surface area contributed by atoms with Crippen molar-refractivity contribution >= 4 is 17.9 Å². The van der Waals surface area contributed by atoms with Crippen LogP contribution in [0.1, 0.15) is 30.0 Å². The van der Waals surface area contributed by atoms with Crippen molar-refractivity contribution < 1.29 is 9.90 Å². The first-order chi connectivity index (χ1) is 14.3. The number of amides is 2. The lowest BCUT2D eigenvalue weighted by molar-refractivity contribution is 0.0213. The standard InChI is InChI=1S/C24H30N4O2/c1-24-11-12-27(3)21(13-17-7-10-19(29)14-20(17)24)22(24)28(4)23(30)26-18-8-5-16(6-9-18)15-25-2/h5-10,14-15,21-22,29H,11-13H2,1-4H3,(H,26,30)/t21?,22-,24+/m0/s1. The number of benzene rings is 2. The fraction of sp³-hybridized carbons (Fsp3) is 0.417. The molecule has 2 aromatic rings. The van der Waals surface area contributed by atoms with Crippen LogP contribution < -0.4 is 5.32 Å². The van der Waals surface area contributed by atoms with Crippen LogP contribution >= 0.6 is 0 Å². The van der Waals surface area contributed by atoms with Gasteiger partial charge in [0, 0.05) is 37.5 Å². The van der Waals surface area contributed by atoms with E-state index in [0.29, 0.717) is 0 Å². The second-order valence-electron chi connectivity index (χ2n) is 8.76. The number of piperidine rings is 1. The number of likely N-dealkylation sites (N-methyl/N-ethyl adjacent to an activating group) is 2. The molecule has 1 saturated heterocycles. The Morgan fingerprint density at radius 3 is 2.73 bits per heavy atom. The summed E-state index contributed by atoms with van der Waals surface area (Å²) in [5.74, 6) is 0.286. The smallest absolute Gasteiger partial charge is 0.321 e. The van der Waals surface area contributed by atoms with E-state index in [0.717, 1.165) is 30.6 Å². The van der Waals surface area contributed by atoms with Crippen LogP contribution in [0.2, 0.25) is 0 Å². The zero-order chi connectivity index (χ0) is 21.5. The molecule has 1 aliphatic carbocycles. The number of nitrogens with zero attached hydrogens (tertiary/aromatic N) is 3. The molecule has 4 rings (SSSR count). The van der Waals surface area contributed by atoms with Gasteiger partial charge in [-0.2, -0.15) is 0 Å². The molecule has 3 atom stereocenters. The van der Waals surface area contributed by atoms with E-state index in [2.05, 4.69) is 29.2 Å². The lowest BCUT2D eigenvalue weighted by atomic mass is 9.61. The molecule has 2 amide bonds. The number of aliphatic imine (C=N–C) groups is 1. The summed E-state index contributed by atoms with van der Waals surface area (Å²) >= 11 is 0. The fourth-order valence-corrected chi connectivity index (χ4v) is 5.27. The number of carbonyl (C=O) groups is 1. The number of urea groups is 1. The highest BCUT2D eigenvalue weighted by molar-refractivity contribution is 5.90. The molecule has 0 spiro atoms. The Balaban J connectivity index is 1.62. The molecular formula is C24H30N4O2. The van der Waals surface area contributed by atoms with Crippen molar-refractivity contribution in [2.24, 2.45) is 4.99 Å². The topological polar surface area (TPSA) is 68.2 Å². The van der Waals surface area contributed by atoms with Crippen LogP contribution in [0, 0.1) is 0 Å². The zero-order valence-corrected chi connectivity index (χ0v) is 18.1. The molecule has 1 aliphatic heterocycles. The van der Waals surface area contributed by atoms with Crippen molar-refractivity contribution in [1.29, 1.82) is 0 Å². The summed E-state index contributed by atoms with van der Waals surface area (Å²) in [7, 11) is 5.76. The summed E-state index contributed by atoms with van der Waals surface area (Å²) in [6.07, 6.45) is 3.59. The molecule has 6 nitrogen and oxygen atoms in total. The Kier molecular flexibility index (Phi) is 5.28. The molecule has 2 aliphatic rings. The Hall–Kier alpha value is -2.86. The van der Waals surface area contributed by atoms with Gasteiger partial charge in [-0.15, -0.1) is 0 Å². The van der Waals surface area contributed by atoms with Crippen LogP contribution in [0.4, 0.5) is 10.5 Å². The maximum Gasteiger partial charge on any atom is 0.321 e. The number of carbonyl (C=O) groups excluding carboxylic acids is 1. The van der Waals surface area contributed by atoms with E-state index in [1.807, 2.05) is 48.3 Å². The third kappa shape index (κ3) is 3.45. The quantitative estimate of drug-likeness (QED) is 0.767. The van der Waals surface area contributed by atoms with Crippen LogP contribution in [0.15, 0.2) is 47.5 Å². The molecule has 0 saturated carbocycles. The monoisotopic (exact) mass is 406 g/mol. The molecule has 158 valence electrons. The normalized spacial score (nSPS) is 25.7.